The van der Waals surface area contributed by atoms with Gasteiger partial charge in [0.1, 0.15) is 12.3 Å². The molecule has 0 bridgehead atoms. The summed E-state index contributed by atoms with van der Waals surface area (Å²) in [6.45, 7) is -1.83. The number of aromatic amines is 1. The summed E-state index contributed by atoms with van der Waals surface area (Å²) in [6, 6.07) is 0. The van der Waals surface area contributed by atoms with Crippen LogP contribution in [0.25, 0.3) is 0 Å². The molecule has 0 aromatic carbocycles. The van der Waals surface area contributed by atoms with Crippen LogP contribution < -0.4 is 17.0 Å². The number of hydrogen-bond donors (Lipinski definition) is 2. The monoisotopic (exact) mass is 253 g/mol. The lowest BCUT2D eigenvalue weighted by Gasteiger charge is -2.08. The quantitative estimate of drug-likeness (QED) is 0.721. The SMILES string of the molecule is Nc1cn(CCOCC(F)(F)F)c(=O)[nH]c1=O. The number of alkyl halides is 3. The van der Waals surface area contributed by atoms with Crippen molar-refractivity contribution in [3.05, 3.63) is 27.0 Å². The summed E-state index contributed by atoms with van der Waals surface area (Å²) in [5.74, 6) is 0. The number of nitrogen functional groups attached to an aromatic ring is 1. The summed E-state index contributed by atoms with van der Waals surface area (Å²) in [4.78, 5) is 24.0. The second-order valence-corrected chi connectivity index (χ2v) is 3.20. The molecule has 0 spiro atoms. The molecule has 0 atom stereocenters. The molecule has 1 rings (SSSR count). The highest BCUT2D eigenvalue weighted by Gasteiger charge is 2.27. The molecular weight excluding hydrogens is 243 g/mol. The molecule has 0 amide bonds. The molecule has 0 aliphatic rings. The maximum atomic E-state index is 11.7. The highest BCUT2D eigenvalue weighted by molar-refractivity contribution is 5.30. The number of aromatic nitrogens is 2. The first-order valence-corrected chi connectivity index (χ1v) is 4.53. The van der Waals surface area contributed by atoms with Gasteiger partial charge in [0.25, 0.3) is 5.56 Å². The average molecular weight is 253 g/mol. The van der Waals surface area contributed by atoms with E-state index < -0.39 is 24.0 Å². The van der Waals surface area contributed by atoms with Crippen molar-refractivity contribution in [3.8, 4) is 0 Å². The molecule has 96 valence electrons. The first-order chi connectivity index (χ1) is 7.79. The molecule has 1 aromatic rings. The number of nitrogens with zero attached hydrogens (tertiary/aromatic N) is 1. The lowest BCUT2D eigenvalue weighted by Crippen LogP contribution is -2.32. The molecule has 0 radical (unpaired) electrons. The van der Waals surface area contributed by atoms with Crippen molar-refractivity contribution < 1.29 is 17.9 Å². The molecule has 0 aliphatic heterocycles. The Morgan fingerprint density at radius 2 is 2.06 bits per heavy atom. The predicted molar refractivity (Wildman–Crippen MR) is 52.6 cm³/mol. The Morgan fingerprint density at radius 1 is 1.41 bits per heavy atom. The summed E-state index contributed by atoms with van der Waals surface area (Å²) in [6.07, 6.45) is -3.35. The average Bonchev–Trinajstić information content (AvgIpc) is 2.18. The van der Waals surface area contributed by atoms with Crippen LogP contribution in [-0.4, -0.2) is 28.9 Å². The van der Waals surface area contributed by atoms with Crippen LogP contribution >= 0.6 is 0 Å². The molecular formula is C8H10F3N3O3. The number of nitrogens with two attached hydrogens (primary N) is 1. The van der Waals surface area contributed by atoms with E-state index in [9.17, 15) is 22.8 Å². The van der Waals surface area contributed by atoms with Gasteiger partial charge in [0, 0.05) is 6.20 Å². The van der Waals surface area contributed by atoms with E-state index in [-0.39, 0.29) is 18.8 Å². The van der Waals surface area contributed by atoms with Crippen LogP contribution in [0.1, 0.15) is 0 Å². The first-order valence-electron chi connectivity index (χ1n) is 4.53. The summed E-state index contributed by atoms with van der Waals surface area (Å²) >= 11 is 0. The fourth-order valence-electron chi connectivity index (χ4n) is 1.04. The maximum Gasteiger partial charge on any atom is 0.411 e. The number of nitrogens with one attached hydrogen (secondary N) is 1. The van der Waals surface area contributed by atoms with E-state index in [0.717, 1.165) is 10.8 Å². The Balaban J connectivity index is 2.56. The molecule has 6 nitrogen and oxygen atoms in total. The van der Waals surface area contributed by atoms with Crippen LogP contribution in [0.15, 0.2) is 15.8 Å². The summed E-state index contributed by atoms with van der Waals surface area (Å²) in [5.41, 5.74) is 3.56. The smallest absolute Gasteiger partial charge is 0.393 e. The zero-order valence-electron chi connectivity index (χ0n) is 8.58. The number of H-pyrrole nitrogens is 1. The summed E-state index contributed by atoms with van der Waals surface area (Å²) in [7, 11) is 0. The van der Waals surface area contributed by atoms with Crippen LogP contribution in [0.4, 0.5) is 18.9 Å². The molecule has 0 unspecified atom stereocenters. The second-order valence-electron chi connectivity index (χ2n) is 3.20. The molecule has 0 aliphatic carbocycles. The van der Waals surface area contributed by atoms with Crippen molar-refractivity contribution in [2.24, 2.45) is 0 Å². The van der Waals surface area contributed by atoms with Gasteiger partial charge in [-0.1, -0.05) is 0 Å². The van der Waals surface area contributed by atoms with E-state index in [0.29, 0.717) is 0 Å². The minimum Gasteiger partial charge on any atom is -0.393 e. The fourth-order valence-corrected chi connectivity index (χ4v) is 1.04. The zero-order valence-corrected chi connectivity index (χ0v) is 8.58. The van der Waals surface area contributed by atoms with Crippen LogP contribution in [0, 0.1) is 0 Å². The van der Waals surface area contributed by atoms with Gasteiger partial charge in [-0.15, -0.1) is 0 Å². The highest BCUT2D eigenvalue weighted by Crippen LogP contribution is 2.14. The first kappa shape index (κ1) is 13.3. The number of anilines is 1. The maximum absolute atomic E-state index is 11.7. The van der Waals surface area contributed by atoms with Gasteiger partial charge in [0.15, 0.2) is 0 Å². The third kappa shape index (κ3) is 4.31. The Bertz CT molecular complexity index is 491. The van der Waals surface area contributed by atoms with Crippen molar-refractivity contribution in [3.63, 3.8) is 0 Å². The standard InChI is InChI=1S/C8H10F3N3O3/c9-8(10,11)4-17-2-1-14-3-5(12)6(15)13-7(14)16/h3H,1-2,4,12H2,(H,13,15,16). The van der Waals surface area contributed by atoms with E-state index in [1.54, 1.807) is 0 Å². The molecule has 0 fully saturated rings. The van der Waals surface area contributed by atoms with Gasteiger partial charge in [0.2, 0.25) is 0 Å². The van der Waals surface area contributed by atoms with Crippen molar-refractivity contribution in [1.29, 1.82) is 0 Å². The van der Waals surface area contributed by atoms with Gasteiger partial charge in [-0.25, -0.2) is 4.79 Å². The Kier molecular flexibility index (Phi) is 3.94. The van der Waals surface area contributed by atoms with Gasteiger partial charge in [-0.05, 0) is 0 Å². The number of ether oxygens (including phenoxy) is 1. The van der Waals surface area contributed by atoms with Gasteiger partial charge in [-0.2, -0.15) is 13.2 Å². The summed E-state index contributed by atoms with van der Waals surface area (Å²) in [5, 5.41) is 0. The van der Waals surface area contributed by atoms with Crippen molar-refractivity contribution >= 4 is 5.69 Å². The Labute approximate surface area is 92.8 Å². The topological polar surface area (TPSA) is 90.1 Å². The number of halogens is 3. The lowest BCUT2D eigenvalue weighted by atomic mass is 10.5. The second kappa shape index (κ2) is 5.04. The zero-order chi connectivity index (χ0) is 13.1. The van der Waals surface area contributed by atoms with E-state index in [4.69, 9.17) is 5.73 Å². The molecule has 17 heavy (non-hydrogen) atoms. The minimum absolute atomic E-state index is 0.129. The van der Waals surface area contributed by atoms with Gasteiger partial charge >= 0.3 is 11.9 Å². The largest absolute Gasteiger partial charge is 0.411 e. The van der Waals surface area contributed by atoms with Crippen molar-refractivity contribution in [2.45, 2.75) is 12.7 Å². The third-order valence-corrected chi connectivity index (χ3v) is 1.78. The number of rotatable bonds is 4. The van der Waals surface area contributed by atoms with Crippen LogP contribution in [0.3, 0.4) is 0 Å². The molecule has 1 heterocycles. The molecule has 3 N–H and O–H groups in total. The van der Waals surface area contributed by atoms with Crippen molar-refractivity contribution in [2.75, 3.05) is 18.9 Å². The van der Waals surface area contributed by atoms with Crippen molar-refractivity contribution in [1.82, 2.24) is 9.55 Å². The molecule has 9 heteroatoms. The van der Waals surface area contributed by atoms with Gasteiger partial charge in [0.05, 0.1) is 13.2 Å². The molecule has 0 saturated carbocycles. The van der Waals surface area contributed by atoms with E-state index in [1.165, 1.54) is 0 Å². The van der Waals surface area contributed by atoms with E-state index in [1.807, 2.05) is 4.98 Å². The normalized spacial score (nSPS) is 11.7. The van der Waals surface area contributed by atoms with Gasteiger partial charge in [-0.3, -0.25) is 14.3 Å². The van der Waals surface area contributed by atoms with Crippen LogP contribution in [0.5, 0.6) is 0 Å². The molecule has 0 saturated heterocycles. The van der Waals surface area contributed by atoms with Gasteiger partial charge < -0.3 is 10.5 Å². The van der Waals surface area contributed by atoms with Crippen LogP contribution in [0.2, 0.25) is 0 Å². The molecule has 1 aromatic heterocycles. The Morgan fingerprint density at radius 3 is 2.65 bits per heavy atom. The Hall–Kier alpha value is -1.77. The van der Waals surface area contributed by atoms with E-state index in [2.05, 4.69) is 4.74 Å². The predicted octanol–water partition coefficient (Wildman–Crippen LogP) is -0.302. The fraction of sp³-hybridized carbons (Fsp3) is 0.500. The van der Waals surface area contributed by atoms with E-state index >= 15 is 0 Å². The van der Waals surface area contributed by atoms with Crippen LogP contribution in [-0.2, 0) is 11.3 Å². The highest BCUT2D eigenvalue weighted by atomic mass is 19.4. The summed E-state index contributed by atoms with van der Waals surface area (Å²) < 4.78 is 40.4. The minimum atomic E-state index is -4.41. The lowest BCUT2D eigenvalue weighted by molar-refractivity contribution is -0.174. The number of hydrogen-bond acceptors (Lipinski definition) is 4. The third-order valence-electron chi connectivity index (χ3n) is 1.78.